The van der Waals surface area contributed by atoms with E-state index in [0.717, 1.165) is 0 Å². The van der Waals surface area contributed by atoms with Crippen molar-refractivity contribution in [3.63, 3.8) is 0 Å². The van der Waals surface area contributed by atoms with Crippen LogP contribution in [0.3, 0.4) is 0 Å². The van der Waals surface area contributed by atoms with Crippen LogP contribution >= 0.6 is 0 Å². The van der Waals surface area contributed by atoms with Gasteiger partial charge in [-0.25, -0.2) is 8.42 Å². The first-order chi connectivity index (χ1) is 10.9. The number of nitrogens with zero attached hydrogens (tertiary/aromatic N) is 1. The Morgan fingerprint density at radius 3 is 2.61 bits per heavy atom. The summed E-state index contributed by atoms with van der Waals surface area (Å²) in [6.07, 6.45) is 0. The summed E-state index contributed by atoms with van der Waals surface area (Å²) in [5.74, 6) is 0.233. The van der Waals surface area contributed by atoms with Gasteiger partial charge in [-0.1, -0.05) is 24.3 Å². The van der Waals surface area contributed by atoms with Crippen LogP contribution in [0.1, 0.15) is 5.56 Å². The molecule has 23 heavy (non-hydrogen) atoms. The van der Waals surface area contributed by atoms with Crippen molar-refractivity contribution < 1.29 is 17.9 Å². The molecule has 0 saturated carbocycles. The molecule has 2 aromatic carbocycles. The lowest BCUT2D eigenvalue weighted by atomic mass is 10.2. The van der Waals surface area contributed by atoms with Crippen LogP contribution in [0.25, 0.3) is 0 Å². The number of likely N-dealkylation sites (N-methyl/N-ethyl adjacent to an activating group) is 1. The van der Waals surface area contributed by atoms with E-state index in [2.05, 4.69) is 4.72 Å². The highest BCUT2D eigenvalue weighted by Gasteiger charge is 2.27. The Bertz CT molecular complexity index is 877. The number of carbonyl (C=O) groups excluding carboxylic acids is 1. The van der Waals surface area contributed by atoms with Gasteiger partial charge in [0.15, 0.2) is 6.61 Å². The first kappa shape index (κ1) is 15.4. The molecule has 1 amide bonds. The van der Waals surface area contributed by atoms with E-state index in [1.165, 1.54) is 4.90 Å². The third kappa shape index (κ3) is 2.75. The molecule has 1 aliphatic heterocycles. The van der Waals surface area contributed by atoms with Gasteiger partial charge >= 0.3 is 0 Å². The Hall–Kier alpha value is -2.54. The molecule has 1 aliphatic rings. The van der Waals surface area contributed by atoms with Gasteiger partial charge in [-0.15, -0.1) is 0 Å². The minimum Gasteiger partial charge on any atom is -0.481 e. The van der Waals surface area contributed by atoms with Gasteiger partial charge in [-0.2, -0.15) is 0 Å². The molecule has 7 heteroatoms. The number of carbonyl (C=O) groups is 1. The molecule has 1 heterocycles. The second-order valence-electron chi connectivity index (χ2n) is 5.26. The van der Waals surface area contributed by atoms with Gasteiger partial charge < -0.3 is 9.64 Å². The van der Waals surface area contributed by atoms with E-state index >= 15 is 0 Å². The molecule has 0 aliphatic carbocycles. The molecule has 0 saturated heterocycles. The van der Waals surface area contributed by atoms with Crippen molar-refractivity contribution in [3.05, 3.63) is 48.0 Å². The zero-order valence-electron chi connectivity index (χ0n) is 12.7. The fraction of sp³-hybridized carbons (Fsp3) is 0.188. The first-order valence-electron chi connectivity index (χ1n) is 7.01. The van der Waals surface area contributed by atoms with Gasteiger partial charge in [0, 0.05) is 7.05 Å². The molecule has 1 N–H and O–H groups in total. The molecule has 0 unspecified atom stereocenters. The lowest BCUT2D eigenvalue weighted by Crippen LogP contribution is -2.36. The van der Waals surface area contributed by atoms with E-state index in [1.807, 2.05) is 0 Å². The Morgan fingerprint density at radius 2 is 1.87 bits per heavy atom. The summed E-state index contributed by atoms with van der Waals surface area (Å²) in [4.78, 5) is 13.4. The smallest absolute Gasteiger partial charge is 0.264 e. The van der Waals surface area contributed by atoms with Crippen molar-refractivity contribution >= 4 is 27.3 Å². The molecular weight excluding hydrogens is 316 g/mol. The predicted molar refractivity (Wildman–Crippen MR) is 87.3 cm³/mol. The van der Waals surface area contributed by atoms with Crippen molar-refractivity contribution in [3.8, 4) is 5.75 Å². The van der Waals surface area contributed by atoms with Crippen LogP contribution in [0.2, 0.25) is 0 Å². The average Bonchev–Trinajstić information content (AvgIpc) is 2.51. The molecule has 0 spiro atoms. The Kier molecular flexibility index (Phi) is 3.73. The number of aryl methyl sites for hydroxylation is 1. The van der Waals surface area contributed by atoms with Gasteiger partial charge in [0.1, 0.15) is 11.4 Å². The Morgan fingerprint density at radius 1 is 1.13 bits per heavy atom. The van der Waals surface area contributed by atoms with E-state index in [4.69, 9.17) is 4.74 Å². The van der Waals surface area contributed by atoms with Gasteiger partial charge in [-0.3, -0.25) is 9.52 Å². The highest BCUT2D eigenvalue weighted by molar-refractivity contribution is 7.92. The van der Waals surface area contributed by atoms with Crippen molar-refractivity contribution in [1.82, 2.24) is 0 Å². The summed E-state index contributed by atoms with van der Waals surface area (Å²) in [7, 11) is -2.17. The van der Waals surface area contributed by atoms with E-state index < -0.39 is 10.0 Å². The highest BCUT2D eigenvalue weighted by atomic mass is 32.2. The predicted octanol–water partition coefficient (Wildman–Crippen LogP) is 2.15. The molecule has 0 atom stereocenters. The van der Waals surface area contributed by atoms with Gasteiger partial charge in [-0.05, 0) is 30.7 Å². The van der Waals surface area contributed by atoms with Gasteiger partial charge in [0.2, 0.25) is 0 Å². The normalized spacial score (nSPS) is 14.2. The van der Waals surface area contributed by atoms with Gasteiger partial charge in [0.05, 0.1) is 10.6 Å². The number of hydrogen-bond acceptors (Lipinski definition) is 4. The Labute approximate surface area is 134 Å². The van der Waals surface area contributed by atoms with E-state index in [-0.39, 0.29) is 17.4 Å². The maximum atomic E-state index is 12.6. The number of anilines is 2. The van der Waals surface area contributed by atoms with E-state index in [0.29, 0.717) is 22.7 Å². The zero-order valence-corrected chi connectivity index (χ0v) is 13.6. The molecule has 0 bridgehead atoms. The number of amides is 1. The number of sulfonamides is 1. The van der Waals surface area contributed by atoms with Crippen LogP contribution in [0.15, 0.2) is 47.4 Å². The Balaban J connectivity index is 2.05. The van der Waals surface area contributed by atoms with Crippen molar-refractivity contribution in [2.24, 2.45) is 0 Å². The number of nitrogens with one attached hydrogen (secondary N) is 1. The lowest BCUT2D eigenvalue weighted by molar-refractivity contribution is -0.120. The molecule has 0 radical (unpaired) electrons. The maximum Gasteiger partial charge on any atom is 0.264 e. The number of hydrogen-bond donors (Lipinski definition) is 1. The molecule has 120 valence electrons. The van der Waals surface area contributed by atoms with Gasteiger partial charge in [0.25, 0.3) is 15.9 Å². The van der Waals surface area contributed by atoms with E-state index in [9.17, 15) is 13.2 Å². The molecule has 3 rings (SSSR count). The molecular formula is C16H16N2O4S. The number of fused-ring (bicyclic) bond motifs is 1. The van der Waals surface area contributed by atoms with Crippen LogP contribution in [0.4, 0.5) is 11.4 Å². The largest absolute Gasteiger partial charge is 0.481 e. The monoisotopic (exact) mass is 332 g/mol. The van der Waals surface area contributed by atoms with Crippen LogP contribution in [-0.4, -0.2) is 28.0 Å². The minimum atomic E-state index is -3.76. The lowest BCUT2D eigenvalue weighted by Gasteiger charge is -2.28. The number of benzene rings is 2. The third-order valence-electron chi connectivity index (χ3n) is 3.69. The summed E-state index contributed by atoms with van der Waals surface area (Å²) >= 11 is 0. The van der Waals surface area contributed by atoms with Crippen molar-refractivity contribution in [2.75, 3.05) is 23.3 Å². The second kappa shape index (κ2) is 5.58. The summed E-state index contributed by atoms with van der Waals surface area (Å²) in [6.45, 7) is 1.67. The third-order valence-corrected chi connectivity index (χ3v) is 5.21. The summed E-state index contributed by atoms with van der Waals surface area (Å²) in [5.41, 5.74) is 1.37. The van der Waals surface area contributed by atoms with Crippen LogP contribution in [0.5, 0.6) is 5.75 Å². The number of ether oxygens (including phenoxy) is 1. The van der Waals surface area contributed by atoms with E-state index in [1.54, 1.807) is 56.4 Å². The quantitative estimate of drug-likeness (QED) is 0.934. The standard InChI is InChI=1S/C16H16N2O4S/c1-11-6-3-4-9-14(11)23(20,21)17-12-7-5-8-13-16(12)18(2)15(19)10-22-13/h3-9,17H,10H2,1-2H3. The molecule has 0 aromatic heterocycles. The number of para-hydroxylation sites is 1. The summed E-state index contributed by atoms with van der Waals surface area (Å²) in [6, 6.07) is 11.7. The summed E-state index contributed by atoms with van der Waals surface area (Å²) in [5, 5.41) is 0. The molecule has 6 nitrogen and oxygen atoms in total. The SMILES string of the molecule is Cc1ccccc1S(=O)(=O)Nc1cccc2c1N(C)C(=O)CO2. The first-order valence-corrected chi connectivity index (χ1v) is 8.49. The maximum absolute atomic E-state index is 12.6. The molecule has 0 fully saturated rings. The fourth-order valence-corrected chi connectivity index (χ4v) is 3.80. The second-order valence-corrected chi connectivity index (χ2v) is 6.92. The minimum absolute atomic E-state index is 0.0580. The van der Waals surface area contributed by atoms with Crippen molar-refractivity contribution in [2.45, 2.75) is 11.8 Å². The summed E-state index contributed by atoms with van der Waals surface area (Å²) < 4.78 is 33.2. The van der Waals surface area contributed by atoms with Crippen molar-refractivity contribution in [1.29, 1.82) is 0 Å². The zero-order chi connectivity index (χ0) is 16.6. The van der Waals surface area contributed by atoms with Crippen LogP contribution < -0.4 is 14.4 Å². The van der Waals surface area contributed by atoms with Crippen LogP contribution in [-0.2, 0) is 14.8 Å². The van der Waals surface area contributed by atoms with Crippen LogP contribution in [0, 0.1) is 6.92 Å². The fourth-order valence-electron chi connectivity index (χ4n) is 2.49. The highest BCUT2D eigenvalue weighted by Crippen LogP contribution is 2.39. The number of rotatable bonds is 3. The molecule has 2 aromatic rings. The average molecular weight is 332 g/mol. The topological polar surface area (TPSA) is 75.7 Å².